The molecule has 0 N–H and O–H groups in total. The standard InChI is InChI=1S/C51H39N/c1-51(2)49-19-10-9-18-47(49)48-33-32-46(35-50(48)51)52(44-28-24-39(25-29-44)37-14-7-4-8-15-37)45-30-26-41(27-31-45)43-17-11-16-42(34-43)40-22-20-38(21-23-40)36-12-5-3-6-13-36/h3-35H,1-2H3. The summed E-state index contributed by atoms with van der Waals surface area (Å²) in [6, 6.07) is 72.7. The molecule has 0 radical (unpaired) electrons. The van der Waals surface area contributed by atoms with Crippen LogP contribution in [-0.4, -0.2) is 0 Å². The van der Waals surface area contributed by atoms with Crippen molar-refractivity contribution in [1.82, 2.24) is 0 Å². The van der Waals surface area contributed by atoms with Gasteiger partial charge in [0, 0.05) is 22.5 Å². The van der Waals surface area contributed by atoms with E-state index in [9.17, 15) is 0 Å². The first-order valence-electron chi connectivity index (χ1n) is 18.1. The molecule has 8 aromatic rings. The van der Waals surface area contributed by atoms with Crippen molar-refractivity contribution >= 4 is 17.1 Å². The Morgan fingerprint density at radius 3 is 1.21 bits per heavy atom. The first-order valence-corrected chi connectivity index (χ1v) is 18.1. The predicted octanol–water partition coefficient (Wildman–Crippen LogP) is 14.1. The summed E-state index contributed by atoms with van der Waals surface area (Å²) in [5.41, 5.74) is 18.4. The minimum Gasteiger partial charge on any atom is -0.310 e. The number of anilines is 3. The topological polar surface area (TPSA) is 3.24 Å². The highest BCUT2D eigenvalue weighted by Crippen LogP contribution is 2.50. The third-order valence-corrected chi connectivity index (χ3v) is 10.7. The van der Waals surface area contributed by atoms with E-state index in [1.54, 1.807) is 0 Å². The molecule has 1 heteroatoms. The zero-order chi connectivity index (χ0) is 35.1. The lowest BCUT2D eigenvalue weighted by Crippen LogP contribution is -2.16. The van der Waals surface area contributed by atoms with Gasteiger partial charge in [0.2, 0.25) is 0 Å². The fourth-order valence-corrected chi connectivity index (χ4v) is 7.88. The Morgan fingerprint density at radius 1 is 0.288 bits per heavy atom. The first kappa shape index (κ1) is 31.5. The molecular formula is C51H39N. The first-order chi connectivity index (χ1) is 25.5. The van der Waals surface area contributed by atoms with E-state index >= 15 is 0 Å². The Hall–Kier alpha value is -6.44. The van der Waals surface area contributed by atoms with Crippen LogP contribution in [-0.2, 0) is 5.41 Å². The zero-order valence-corrected chi connectivity index (χ0v) is 29.5. The molecule has 0 fully saturated rings. The summed E-state index contributed by atoms with van der Waals surface area (Å²) < 4.78 is 0. The van der Waals surface area contributed by atoms with Crippen LogP contribution in [0.2, 0.25) is 0 Å². The number of hydrogen-bond acceptors (Lipinski definition) is 1. The molecule has 1 aliphatic carbocycles. The lowest BCUT2D eigenvalue weighted by Gasteiger charge is -2.28. The average Bonchev–Trinajstić information content (AvgIpc) is 3.45. The molecule has 0 bridgehead atoms. The molecule has 0 saturated heterocycles. The number of hydrogen-bond donors (Lipinski definition) is 0. The molecule has 0 amide bonds. The maximum absolute atomic E-state index is 2.40. The summed E-state index contributed by atoms with van der Waals surface area (Å²) in [4.78, 5) is 2.39. The second kappa shape index (κ2) is 13.0. The number of fused-ring (bicyclic) bond motifs is 3. The maximum Gasteiger partial charge on any atom is 0.0465 e. The van der Waals surface area contributed by atoms with Crippen molar-refractivity contribution < 1.29 is 0 Å². The average molecular weight is 666 g/mol. The highest BCUT2D eigenvalue weighted by Gasteiger charge is 2.35. The maximum atomic E-state index is 2.40. The second-order valence-corrected chi connectivity index (χ2v) is 14.2. The van der Waals surface area contributed by atoms with Crippen molar-refractivity contribution in [2.45, 2.75) is 19.3 Å². The van der Waals surface area contributed by atoms with Crippen LogP contribution in [0.3, 0.4) is 0 Å². The highest BCUT2D eigenvalue weighted by atomic mass is 15.1. The Morgan fingerprint density at radius 2 is 0.673 bits per heavy atom. The van der Waals surface area contributed by atoms with Crippen molar-refractivity contribution in [3.8, 4) is 55.6 Å². The SMILES string of the molecule is CC1(C)c2ccccc2-c2ccc(N(c3ccc(-c4ccccc4)cc3)c3ccc(-c4cccc(-c5ccc(-c6ccccc6)cc5)c4)cc3)cc21. The van der Waals surface area contributed by atoms with Gasteiger partial charge in [-0.05, 0) is 109 Å². The molecule has 9 rings (SSSR count). The summed E-state index contributed by atoms with van der Waals surface area (Å²) in [7, 11) is 0. The highest BCUT2D eigenvalue weighted by molar-refractivity contribution is 5.86. The molecule has 0 heterocycles. The van der Waals surface area contributed by atoms with Crippen molar-refractivity contribution in [1.29, 1.82) is 0 Å². The van der Waals surface area contributed by atoms with Crippen LogP contribution < -0.4 is 4.90 Å². The summed E-state index contributed by atoms with van der Waals surface area (Å²) in [5, 5.41) is 0. The number of nitrogens with zero attached hydrogens (tertiary/aromatic N) is 1. The van der Waals surface area contributed by atoms with Crippen LogP contribution in [0, 0.1) is 0 Å². The van der Waals surface area contributed by atoms with Crippen molar-refractivity contribution in [3.05, 3.63) is 211 Å². The fraction of sp³-hybridized carbons (Fsp3) is 0.0588. The van der Waals surface area contributed by atoms with Crippen LogP contribution in [0.5, 0.6) is 0 Å². The molecule has 0 atom stereocenters. The molecular weight excluding hydrogens is 627 g/mol. The van der Waals surface area contributed by atoms with Gasteiger partial charge in [0.05, 0.1) is 0 Å². The lowest BCUT2D eigenvalue weighted by molar-refractivity contribution is 0.660. The summed E-state index contributed by atoms with van der Waals surface area (Å²) in [6.45, 7) is 4.70. The molecule has 248 valence electrons. The predicted molar refractivity (Wildman–Crippen MR) is 220 cm³/mol. The van der Waals surface area contributed by atoms with Crippen LogP contribution in [0.1, 0.15) is 25.0 Å². The minimum absolute atomic E-state index is 0.0818. The molecule has 52 heavy (non-hydrogen) atoms. The van der Waals surface area contributed by atoms with E-state index in [-0.39, 0.29) is 5.41 Å². The normalized spacial score (nSPS) is 12.6. The third kappa shape index (κ3) is 5.71. The summed E-state index contributed by atoms with van der Waals surface area (Å²) in [5.74, 6) is 0. The van der Waals surface area contributed by atoms with Gasteiger partial charge in [0.25, 0.3) is 0 Å². The van der Waals surface area contributed by atoms with Gasteiger partial charge >= 0.3 is 0 Å². The largest absolute Gasteiger partial charge is 0.310 e. The van der Waals surface area contributed by atoms with Gasteiger partial charge in [0.15, 0.2) is 0 Å². The third-order valence-electron chi connectivity index (χ3n) is 10.7. The van der Waals surface area contributed by atoms with Crippen molar-refractivity contribution in [2.24, 2.45) is 0 Å². The van der Waals surface area contributed by atoms with Crippen molar-refractivity contribution in [3.63, 3.8) is 0 Å². The van der Waals surface area contributed by atoms with Crippen molar-refractivity contribution in [2.75, 3.05) is 4.90 Å². The molecule has 0 spiro atoms. The fourth-order valence-electron chi connectivity index (χ4n) is 7.88. The quantitative estimate of drug-likeness (QED) is 0.164. The Kier molecular flexibility index (Phi) is 7.90. The summed E-state index contributed by atoms with van der Waals surface area (Å²) in [6.07, 6.45) is 0. The number of rotatable bonds is 7. The molecule has 0 aromatic heterocycles. The van der Waals surface area contributed by atoms with E-state index < -0.39 is 0 Å². The summed E-state index contributed by atoms with van der Waals surface area (Å²) >= 11 is 0. The molecule has 0 aliphatic heterocycles. The van der Waals surface area contributed by atoms with Gasteiger partial charge in [0.1, 0.15) is 0 Å². The van der Waals surface area contributed by atoms with Crippen LogP contribution >= 0.6 is 0 Å². The Balaban J connectivity index is 1.07. The van der Waals surface area contributed by atoms with E-state index in [1.807, 2.05) is 0 Å². The smallest absolute Gasteiger partial charge is 0.0465 e. The van der Waals surface area contributed by atoms with E-state index in [2.05, 4.69) is 219 Å². The zero-order valence-electron chi connectivity index (χ0n) is 29.5. The minimum atomic E-state index is -0.0818. The van der Waals surface area contributed by atoms with Crippen LogP contribution in [0.25, 0.3) is 55.6 Å². The Bertz CT molecular complexity index is 2490. The van der Waals surface area contributed by atoms with Gasteiger partial charge in [-0.15, -0.1) is 0 Å². The Labute approximate surface area is 307 Å². The van der Waals surface area contributed by atoms with Gasteiger partial charge in [-0.25, -0.2) is 0 Å². The molecule has 0 unspecified atom stereocenters. The molecule has 8 aromatic carbocycles. The van der Waals surface area contributed by atoms with E-state index in [4.69, 9.17) is 0 Å². The van der Waals surface area contributed by atoms with Crippen LogP contribution in [0.4, 0.5) is 17.1 Å². The number of benzene rings is 8. The van der Waals surface area contributed by atoms with Gasteiger partial charge in [-0.1, -0.05) is 172 Å². The van der Waals surface area contributed by atoms with Crippen LogP contribution in [0.15, 0.2) is 200 Å². The van der Waals surface area contributed by atoms with Gasteiger partial charge in [-0.2, -0.15) is 0 Å². The molecule has 1 aliphatic rings. The van der Waals surface area contributed by atoms with Gasteiger partial charge in [-0.3, -0.25) is 0 Å². The van der Waals surface area contributed by atoms with E-state index in [0.29, 0.717) is 0 Å². The van der Waals surface area contributed by atoms with E-state index in [0.717, 1.165) is 17.1 Å². The molecule has 1 nitrogen and oxygen atoms in total. The molecule has 0 saturated carbocycles. The van der Waals surface area contributed by atoms with E-state index in [1.165, 1.54) is 66.8 Å². The monoisotopic (exact) mass is 665 g/mol. The van der Waals surface area contributed by atoms with Gasteiger partial charge < -0.3 is 4.90 Å². The lowest BCUT2D eigenvalue weighted by atomic mass is 9.82. The second-order valence-electron chi connectivity index (χ2n) is 14.2.